The van der Waals surface area contributed by atoms with E-state index in [0.29, 0.717) is 12.4 Å². The number of rotatable bonds is 4. The maximum atomic E-state index is 10.8. The van der Waals surface area contributed by atoms with E-state index in [1.807, 2.05) is 30.3 Å². The molecule has 2 rings (SSSR count). The van der Waals surface area contributed by atoms with E-state index in [4.69, 9.17) is 4.74 Å². The van der Waals surface area contributed by atoms with Gasteiger partial charge in [-0.2, -0.15) is 0 Å². The second-order valence-electron chi connectivity index (χ2n) is 3.48. The van der Waals surface area contributed by atoms with Crippen LogP contribution in [0, 0.1) is 0 Å². The molecular formula is C13H11O3S-. The van der Waals surface area contributed by atoms with Gasteiger partial charge in [0.1, 0.15) is 12.4 Å². The number of hydrogen-bond acceptors (Lipinski definition) is 3. The average Bonchev–Trinajstić information content (AvgIpc) is 2.38. The minimum absolute atomic E-state index is 0.232. The molecule has 0 radical (unpaired) electrons. The highest BCUT2D eigenvalue weighted by Crippen LogP contribution is 2.16. The predicted molar refractivity (Wildman–Crippen MR) is 64.4 cm³/mol. The molecule has 1 unspecified atom stereocenters. The number of benzene rings is 2. The predicted octanol–water partition coefficient (Wildman–Crippen LogP) is 2.50. The molecular weight excluding hydrogens is 236 g/mol. The number of ether oxygens (including phenoxy) is 1. The Labute approximate surface area is 102 Å². The molecule has 2 aromatic rings. The summed E-state index contributed by atoms with van der Waals surface area (Å²) < 4.78 is 27.1. The Morgan fingerprint density at radius 3 is 2.53 bits per heavy atom. The number of hydrogen-bond donors (Lipinski definition) is 0. The van der Waals surface area contributed by atoms with Gasteiger partial charge in [-0.05, 0) is 34.8 Å². The normalized spacial score (nSPS) is 12.1. The van der Waals surface area contributed by atoms with Crippen molar-refractivity contribution in [3.05, 3.63) is 60.2 Å². The summed E-state index contributed by atoms with van der Waals surface area (Å²) in [6.07, 6.45) is 0. The molecule has 0 fully saturated rings. The van der Waals surface area contributed by atoms with Gasteiger partial charge in [0.25, 0.3) is 0 Å². The van der Waals surface area contributed by atoms with Crippen LogP contribution in [0.2, 0.25) is 0 Å². The van der Waals surface area contributed by atoms with Crippen molar-refractivity contribution in [1.82, 2.24) is 0 Å². The monoisotopic (exact) mass is 247 g/mol. The van der Waals surface area contributed by atoms with E-state index < -0.39 is 11.1 Å². The standard InChI is InChI=1S/C13H12O3S/c14-17(15)13-8-4-7-12(9-13)16-10-11-5-2-1-3-6-11/h1-9H,10H2,(H,14,15)/p-1. The van der Waals surface area contributed by atoms with E-state index in [9.17, 15) is 8.76 Å². The lowest BCUT2D eigenvalue weighted by molar-refractivity contribution is 0.305. The van der Waals surface area contributed by atoms with Crippen LogP contribution in [0.5, 0.6) is 5.75 Å². The quantitative estimate of drug-likeness (QED) is 0.780. The fourth-order valence-electron chi connectivity index (χ4n) is 1.41. The Bertz CT molecular complexity index is 511. The van der Waals surface area contributed by atoms with Crippen molar-refractivity contribution in [2.24, 2.45) is 0 Å². The summed E-state index contributed by atoms with van der Waals surface area (Å²) in [6, 6.07) is 16.1. The highest BCUT2D eigenvalue weighted by Gasteiger charge is 1.98. The van der Waals surface area contributed by atoms with Crippen LogP contribution in [-0.4, -0.2) is 8.76 Å². The molecule has 2 aromatic carbocycles. The van der Waals surface area contributed by atoms with Crippen molar-refractivity contribution in [2.75, 3.05) is 0 Å². The lowest BCUT2D eigenvalue weighted by Crippen LogP contribution is -1.96. The molecule has 0 aliphatic rings. The molecule has 0 amide bonds. The summed E-state index contributed by atoms with van der Waals surface area (Å²) in [4.78, 5) is 0.232. The smallest absolute Gasteiger partial charge is 0.120 e. The van der Waals surface area contributed by atoms with E-state index >= 15 is 0 Å². The fraction of sp³-hybridized carbons (Fsp3) is 0.0769. The minimum Gasteiger partial charge on any atom is -0.768 e. The van der Waals surface area contributed by atoms with Crippen molar-refractivity contribution < 1.29 is 13.5 Å². The van der Waals surface area contributed by atoms with Crippen molar-refractivity contribution >= 4 is 11.1 Å². The third-order valence-corrected chi connectivity index (χ3v) is 2.89. The van der Waals surface area contributed by atoms with Crippen LogP contribution in [0.3, 0.4) is 0 Å². The van der Waals surface area contributed by atoms with Crippen LogP contribution < -0.4 is 4.74 Å². The average molecular weight is 247 g/mol. The zero-order chi connectivity index (χ0) is 12.1. The van der Waals surface area contributed by atoms with Crippen LogP contribution in [0.4, 0.5) is 0 Å². The van der Waals surface area contributed by atoms with E-state index in [1.54, 1.807) is 12.1 Å². The molecule has 0 aliphatic heterocycles. The molecule has 3 nitrogen and oxygen atoms in total. The first-order valence-corrected chi connectivity index (χ1v) is 6.19. The summed E-state index contributed by atoms with van der Waals surface area (Å²) in [6.45, 7) is 0.426. The summed E-state index contributed by atoms with van der Waals surface area (Å²) in [5, 5.41) is 0. The third-order valence-electron chi connectivity index (χ3n) is 2.25. The molecule has 17 heavy (non-hydrogen) atoms. The third kappa shape index (κ3) is 3.41. The van der Waals surface area contributed by atoms with Crippen LogP contribution in [0.15, 0.2) is 59.5 Å². The Hall–Kier alpha value is -1.65. The van der Waals surface area contributed by atoms with Gasteiger partial charge in [0, 0.05) is 4.90 Å². The zero-order valence-corrected chi connectivity index (χ0v) is 9.85. The van der Waals surface area contributed by atoms with E-state index in [0.717, 1.165) is 5.56 Å². The van der Waals surface area contributed by atoms with Gasteiger partial charge in [-0.1, -0.05) is 36.4 Å². The van der Waals surface area contributed by atoms with Gasteiger partial charge in [-0.3, -0.25) is 4.21 Å². The Balaban J connectivity index is 2.04. The molecule has 0 saturated heterocycles. The van der Waals surface area contributed by atoms with Gasteiger partial charge in [0.05, 0.1) is 0 Å². The molecule has 4 heteroatoms. The molecule has 0 heterocycles. The van der Waals surface area contributed by atoms with Gasteiger partial charge < -0.3 is 9.29 Å². The zero-order valence-electron chi connectivity index (χ0n) is 9.04. The Morgan fingerprint density at radius 2 is 1.82 bits per heavy atom. The van der Waals surface area contributed by atoms with Crippen molar-refractivity contribution in [3.8, 4) is 5.75 Å². The lowest BCUT2D eigenvalue weighted by Gasteiger charge is -2.09. The van der Waals surface area contributed by atoms with Crippen molar-refractivity contribution in [1.29, 1.82) is 0 Å². The largest absolute Gasteiger partial charge is 0.768 e. The summed E-state index contributed by atoms with van der Waals surface area (Å²) in [5.41, 5.74) is 1.04. The molecule has 1 atom stereocenters. The lowest BCUT2D eigenvalue weighted by atomic mass is 10.2. The van der Waals surface area contributed by atoms with Gasteiger partial charge in [0.2, 0.25) is 0 Å². The Morgan fingerprint density at radius 1 is 1.06 bits per heavy atom. The first kappa shape index (κ1) is 11.8. The second kappa shape index (κ2) is 5.61. The molecule has 88 valence electrons. The van der Waals surface area contributed by atoms with Crippen LogP contribution in [0.1, 0.15) is 5.56 Å². The maximum absolute atomic E-state index is 10.8. The SMILES string of the molecule is O=S([O-])c1cccc(OCc2ccccc2)c1. The van der Waals surface area contributed by atoms with Gasteiger partial charge in [-0.15, -0.1) is 0 Å². The Kier molecular flexibility index (Phi) is 3.90. The van der Waals surface area contributed by atoms with Crippen LogP contribution >= 0.6 is 0 Å². The van der Waals surface area contributed by atoms with Gasteiger partial charge in [-0.25, -0.2) is 0 Å². The molecule has 0 spiro atoms. The first-order chi connectivity index (χ1) is 8.25. The second-order valence-corrected chi connectivity index (χ2v) is 4.42. The molecule has 0 aliphatic carbocycles. The van der Waals surface area contributed by atoms with Crippen LogP contribution in [0.25, 0.3) is 0 Å². The molecule has 0 bridgehead atoms. The first-order valence-electron chi connectivity index (χ1n) is 5.12. The van der Waals surface area contributed by atoms with Gasteiger partial charge in [0.15, 0.2) is 0 Å². The molecule has 0 aromatic heterocycles. The molecule has 0 saturated carbocycles. The topological polar surface area (TPSA) is 49.4 Å². The highest BCUT2D eigenvalue weighted by molar-refractivity contribution is 7.79. The van der Waals surface area contributed by atoms with E-state index in [1.165, 1.54) is 12.1 Å². The summed E-state index contributed by atoms with van der Waals surface area (Å²) in [7, 11) is 0. The minimum atomic E-state index is -2.22. The van der Waals surface area contributed by atoms with Gasteiger partial charge >= 0.3 is 0 Å². The highest BCUT2D eigenvalue weighted by atomic mass is 32.2. The van der Waals surface area contributed by atoms with Crippen molar-refractivity contribution in [2.45, 2.75) is 11.5 Å². The molecule has 0 N–H and O–H groups in total. The fourth-order valence-corrected chi connectivity index (χ4v) is 1.81. The van der Waals surface area contributed by atoms with Crippen LogP contribution in [-0.2, 0) is 17.7 Å². The maximum Gasteiger partial charge on any atom is 0.120 e. The summed E-state index contributed by atoms with van der Waals surface area (Å²) in [5.74, 6) is 0.551. The summed E-state index contributed by atoms with van der Waals surface area (Å²) >= 11 is -2.22. The van der Waals surface area contributed by atoms with E-state index in [2.05, 4.69) is 0 Å². The van der Waals surface area contributed by atoms with E-state index in [-0.39, 0.29) is 4.90 Å². The van der Waals surface area contributed by atoms with Crippen molar-refractivity contribution in [3.63, 3.8) is 0 Å².